The molecule has 2 atom stereocenters. The fourth-order valence-corrected chi connectivity index (χ4v) is 2.85. The Bertz CT molecular complexity index is 555. The molecule has 2 N–H and O–H groups in total. The van der Waals surface area contributed by atoms with Crippen molar-refractivity contribution in [3.05, 3.63) is 18.5 Å². The first-order valence-electron chi connectivity index (χ1n) is 7.79. The predicted molar refractivity (Wildman–Crippen MR) is 78.6 cm³/mol. The lowest BCUT2D eigenvalue weighted by molar-refractivity contribution is -0.149. The summed E-state index contributed by atoms with van der Waals surface area (Å²) in [6.45, 7) is 1.00. The van der Waals surface area contributed by atoms with Gasteiger partial charge in [-0.1, -0.05) is 0 Å². The Hall–Kier alpha value is -1.93. The number of rotatable bonds is 7. The van der Waals surface area contributed by atoms with Gasteiger partial charge in [0, 0.05) is 19.0 Å². The minimum Gasteiger partial charge on any atom is -0.480 e. The average Bonchev–Trinajstić information content (AvgIpc) is 3.13. The van der Waals surface area contributed by atoms with Crippen LogP contribution >= 0.6 is 0 Å². The summed E-state index contributed by atoms with van der Waals surface area (Å²) in [6.07, 6.45) is 5.41. The van der Waals surface area contributed by atoms with Crippen molar-refractivity contribution in [2.24, 2.45) is 5.41 Å². The van der Waals surface area contributed by atoms with Crippen LogP contribution in [0.15, 0.2) is 18.5 Å². The van der Waals surface area contributed by atoms with Crippen LogP contribution in [0.3, 0.4) is 0 Å². The molecule has 0 unspecified atom stereocenters. The number of ether oxygens (including phenoxy) is 2. The van der Waals surface area contributed by atoms with Crippen molar-refractivity contribution in [2.45, 2.75) is 38.0 Å². The Labute approximate surface area is 133 Å². The number of carboxylic acids is 1. The molecule has 0 bridgehead atoms. The van der Waals surface area contributed by atoms with Crippen molar-refractivity contribution < 1.29 is 24.2 Å². The first kappa shape index (κ1) is 15.9. The van der Waals surface area contributed by atoms with Gasteiger partial charge >= 0.3 is 5.97 Å². The molecule has 2 aliphatic rings. The van der Waals surface area contributed by atoms with Crippen LogP contribution in [0.25, 0.3) is 0 Å². The van der Waals surface area contributed by atoms with Crippen LogP contribution in [0.2, 0.25) is 0 Å². The number of aliphatic carboxylic acids is 1. The topological polar surface area (TPSA) is 103 Å². The fourth-order valence-electron chi connectivity index (χ4n) is 2.85. The molecule has 1 amide bonds. The van der Waals surface area contributed by atoms with Crippen LogP contribution in [-0.4, -0.2) is 58.7 Å². The highest BCUT2D eigenvalue weighted by atomic mass is 16.5. The number of carbonyl (C=O) groups is 2. The lowest BCUT2D eigenvalue weighted by Crippen LogP contribution is -2.52. The summed E-state index contributed by atoms with van der Waals surface area (Å²) in [5.41, 5.74) is -0.401. The van der Waals surface area contributed by atoms with Gasteiger partial charge in [0.15, 0.2) is 0 Å². The van der Waals surface area contributed by atoms with Gasteiger partial charge in [0.2, 0.25) is 5.91 Å². The highest BCUT2D eigenvalue weighted by Gasteiger charge is 2.51. The van der Waals surface area contributed by atoms with E-state index in [0.29, 0.717) is 26.2 Å². The number of nitrogens with one attached hydrogen (secondary N) is 1. The third-order valence-electron chi connectivity index (χ3n) is 4.40. The lowest BCUT2D eigenvalue weighted by atomic mass is 10.0. The van der Waals surface area contributed by atoms with Gasteiger partial charge in [0.1, 0.15) is 12.7 Å². The Balaban J connectivity index is 1.58. The molecule has 1 aliphatic carbocycles. The third-order valence-corrected chi connectivity index (χ3v) is 4.40. The summed E-state index contributed by atoms with van der Waals surface area (Å²) >= 11 is 0. The molecule has 1 saturated carbocycles. The van der Waals surface area contributed by atoms with Gasteiger partial charge in [-0.05, 0) is 25.3 Å². The second-order valence-corrected chi connectivity index (χ2v) is 6.17. The molecule has 1 aromatic rings. The van der Waals surface area contributed by atoms with E-state index in [1.165, 1.54) is 0 Å². The first-order valence-corrected chi connectivity index (χ1v) is 7.79. The minimum atomic E-state index is -1.03. The molecule has 3 rings (SSSR count). The Kier molecular flexibility index (Phi) is 4.63. The number of carbonyl (C=O) groups excluding carboxylic acids is 1. The van der Waals surface area contributed by atoms with Crippen LogP contribution < -0.4 is 5.32 Å². The van der Waals surface area contributed by atoms with E-state index < -0.39 is 24.1 Å². The van der Waals surface area contributed by atoms with E-state index in [2.05, 4.69) is 10.4 Å². The van der Waals surface area contributed by atoms with Crippen molar-refractivity contribution in [2.75, 3.05) is 19.8 Å². The highest BCUT2D eigenvalue weighted by molar-refractivity contribution is 5.85. The van der Waals surface area contributed by atoms with E-state index >= 15 is 0 Å². The summed E-state index contributed by atoms with van der Waals surface area (Å²) in [5, 5.41) is 15.9. The van der Waals surface area contributed by atoms with E-state index in [-0.39, 0.29) is 11.9 Å². The summed E-state index contributed by atoms with van der Waals surface area (Å²) in [5.74, 6) is -1.04. The normalized spacial score (nSPS) is 25.7. The van der Waals surface area contributed by atoms with E-state index in [1.807, 2.05) is 12.3 Å². The molecule has 0 radical (unpaired) electrons. The Morgan fingerprint density at radius 3 is 2.96 bits per heavy atom. The maximum Gasteiger partial charge on any atom is 0.329 e. The Morgan fingerprint density at radius 1 is 1.48 bits per heavy atom. The fraction of sp³-hybridized carbons (Fsp3) is 0.667. The predicted octanol–water partition coefficient (Wildman–Crippen LogP) is 0.0382. The van der Waals surface area contributed by atoms with E-state index in [4.69, 9.17) is 14.6 Å². The molecule has 23 heavy (non-hydrogen) atoms. The molecule has 0 aromatic carbocycles. The molecular weight excluding hydrogens is 302 g/mol. The molecule has 2 heterocycles. The first-order chi connectivity index (χ1) is 11.1. The smallest absolute Gasteiger partial charge is 0.329 e. The minimum absolute atomic E-state index is 0.0103. The van der Waals surface area contributed by atoms with Crippen molar-refractivity contribution >= 4 is 11.9 Å². The highest BCUT2D eigenvalue weighted by Crippen LogP contribution is 2.47. The van der Waals surface area contributed by atoms with Gasteiger partial charge in [-0.3, -0.25) is 9.48 Å². The van der Waals surface area contributed by atoms with Crippen LogP contribution in [0, 0.1) is 5.41 Å². The summed E-state index contributed by atoms with van der Waals surface area (Å²) in [7, 11) is 0. The molecule has 8 heteroatoms. The van der Waals surface area contributed by atoms with Crippen LogP contribution in [-0.2, 0) is 25.6 Å². The van der Waals surface area contributed by atoms with Crippen molar-refractivity contribution in [3.63, 3.8) is 0 Å². The number of aromatic nitrogens is 2. The summed E-state index contributed by atoms with van der Waals surface area (Å²) in [4.78, 5) is 23.3. The molecule has 1 saturated heterocycles. The third kappa shape index (κ3) is 3.89. The van der Waals surface area contributed by atoms with E-state index in [1.54, 1.807) is 10.9 Å². The number of amides is 1. The molecular formula is C15H21N3O5. The van der Waals surface area contributed by atoms with Gasteiger partial charge < -0.3 is 19.9 Å². The zero-order chi connectivity index (χ0) is 16.3. The second kappa shape index (κ2) is 6.67. The number of hydrogen-bond donors (Lipinski definition) is 2. The largest absolute Gasteiger partial charge is 0.480 e. The monoisotopic (exact) mass is 323 g/mol. The zero-order valence-electron chi connectivity index (χ0n) is 12.8. The lowest BCUT2D eigenvalue weighted by Gasteiger charge is -2.32. The number of hydrogen-bond acceptors (Lipinski definition) is 5. The van der Waals surface area contributed by atoms with E-state index in [9.17, 15) is 9.59 Å². The quantitative estimate of drug-likeness (QED) is 0.734. The molecule has 1 aliphatic heterocycles. The standard InChI is InChI=1S/C15H21N3O5/c19-13(20)9-23-12-8-22-7-2-11(12)17-14(21)15(3-4-15)10-18-6-1-5-16-18/h1,5-6,11-12H,2-4,7-10H2,(H,17,21)(H,19,20)/t11-,12-/m1/s1. The van der Waals surface area contributed by atoms with Crippen molar-refractivity contribution in [1.29, 1.82) is 0 Å². The second-order valence-electron chi connectivity index (χ2n) is 6.17. The molecule has 2 fully saturated rings. The van der Waals surface area contributed by atoms with Gasteiger partial charge in [-0.15, -0.1) is 0 Å². The Morgan fingerprint density at radius 2 is 2.30 bits per heavy atom. The van der Waals surface area contributed by atoms with Crippen molar-refractivity contribution in [3.8, 4) is 0 Å². The van der Waals surface area contributed by atoms with Crippen molar-refractivity contribution in [1.82, 2.24) is 15.1 Å². The molecule has 1 aromatic heterocycles. The SMILES string of the molecule is O=C(O)CO[C@@H]1COCC[C@H]1NC(=O)C1(Cn2cccn2)CC1. The summed E-state index contributed by atoms with van der Waals surface area (Å²) in [6, 6.07) is 1.62. The molecule has 0 spiro atoms. The summed E-state index contributed by atoms with van der Waals surface area (Å²) < 4.78 is 12.4. The van der Waals surface area contributed by atoms with Crippen LogP contribution in [0.1, 0.15) is 19.3 Å². The maximum atomic E-state index is 12.6. The van der Waals surface area contributed by atoms with Gasteiger partial charge in [-0.2, -0.15) is 5.10 Å². The van der Waals surface area contributed by atoms with Gasteiger partial charge in [-0.25, -0.2) is 4.79 Å². The maximum absolute atomic E-state index is 12.6. The van der Waals surface area contributed by atoms with Crippen LogP contribution in [0.4, 0.5) is 0 Å². The number of carboxylic acid groups (broad SMARTS) is 1. The number of nitrogens with zero attached hydrogens (tertiary/aromatic N) is 2. The van der Waals surface area contributed by atoms with E-state index in [0.717, 1.165) is 12.8 Å². The van der Waals surface area contributed by atoms with Gasteiger partial charge in [0.05, 0.1) is 24.6 Å². The van der Waals surface area contributed by atoms with Gasteiger partial charge in [0.25, 0.3) is 0 Å². The average molecular weight is 323 g/mol. The molecule has 126 valence electrons. The molecule has 8 nitrogen and oxygen atoms in total. The van der Waals surface area contributed by atoms with Crippen LogP contribution in [0.5, 0.6) is 0 Å². The zero-order valence-corrected chi connectivity index (χ0v) is 12.8.